The molecule has 0 aliphatic heterocycles. The van der Waals surface area contributed by atoms with Crippen LogP contribution in [0.5, 0.6) is 0 Å². The predicted octanol–water partition coefficient (Wildman–Crippen LogP) is 2.66. The molecule has 0 unspecified atom stereocenters. The Kier molecular flexibility index (Phi) is 4.84. The van der Waals surface area contributed by atoms with E-state index in [0.717, 1.165) is 16.4 Å². The number of unbranched alkanes of at least 4 members (excludes halogenated alkanes) is 1. The maximum Gasteiger partial charge on any atom is 0.239 e. The third-order valence-electron chi connectivity index (χ3n) is 3.96. The summed E-state index contributed by atoms with van der Waals surface area (Å²) in [6.45, 7) is 1.86. The Hall–Kier alpha value is -1.50. The molecule has 0 radical (unpaired) electrons. The zero-order valence-electron chi connectivity index (χ0n) is 12.6. The highest BCUT2D eigenvalue weighted by molar-refractivity contribution is 7.89. The van der Waals surface area contributed by atoms with Gasteiger partial charge in [0, 0.05) is 24.4 Å². The molecule has 1 fully saturated rings. The van der Waals surface area contributed by atoms with Gasteiger partial charge in [0.25, 0.3) is 0 Å². The van der Waals surface area contributed by atoms with Gasteiger partial charge in [-0.15, -0.1) is 0 Å². The van der Waals surface area contributed by atoms with Crippen LogP contribution in [0.15, 0.2) is 18.2 Å². The molecule has 1 amide bonds. The molecule has 0 spiro atoms. The van der Waals surface area contributed by atoms with E-state index < -0.39 is 39.4 Å². The van der Waals surface area contributed by atoms with Crippen molar-refractivity contribution in [2.75, 3.05) is 12.8 Å². The highest BCUT2D eigenvalue weighted by Gasteiger charge is 2.49. The number of rotatable bonds is 6. The summed E-state index contributed by atoms with van der Waals surface area (Å²) in [4.78, 5) is 12.2. The van der Waals surface area contributed by atoms with E-state index in [-0.39, 0.29) is 17.7 Å². The third-order valence-corrected chi connectivity index (χ3v) is 5.78. The fourth-order valence-electron chi connectivity index (χ4n) is 2.49. The molecule has 1 aromatic carbocycles. The van der Waals surface area contributed by atoms with Crippen molar-refractivity contribution < 1.29 is 22.0 Å². The van der Waals surface area contributed by atoms with Gasteiger partial charge in [0.2, 0.25) is 15.9 Å². The maximum atomic E-state index is 13.7. The molecule has 7 heteroatoms. The number of hydrogen-bond donors (Lipinski definition) is 0. The number of benzene rings is 1. The first-order chi connectivity index (χ1) is 10.3. The molecule has 1 aliphatic carbocycles. The normalized spacial score (nSPS) is 20.7. The van der Waals surface area contributed by atoms with Crippen molar-refractivity contribution in [3.05, 3.63) is 35.4 Å². The molecule has 0 heterocycles. The molecule has 4 nitrogen and oxygen atoms in total. The van der Waals surface area contributed by atoms with Crippen LogP contribution in [-0.2, 0) is 14.8 Å². The second-order valence-electron chi connectivity index (χ2n) is 5.56. The van der Waals surface area contributed by atoms with Crippen LogP contribution < -0.4 is 0 Å². The van der Waals surface area contributed by atoms with E-state index in [9.17, 15) is 22.0 Å². The maximum absolute atomic E-state index is 13.7. The van der Waals surface area contributed by atoms with Gasteiger partial charge in [0.1, 0.15) is 11.6 Å². The van der Waals surface area contributed by atoms with E-state index in [1.165, 1.54) is 13.1 Å². The van der Waals surface area contributed by atoms with Crippen LogP contribution in [0.2, 0.25) is 0 Å². The monoisotopic (exact) mass is 331 g/mol. The Morgan fingerprint density at radius 2 is 1.91 bits per heavy atom. The van der Waals surface area contributed by atoms with Crippen molar-refractivity contribution in [1.29, 1.82) is 0 Å². The first-order valence-electron chi connectivity index (χ1n) is 7.24. The van der Waals surface area contributed by atoms with Crippen LogP contribution in [0.3, 0.4) is 0 Å². The molecule has 2 atom stereocenters. The van der Waals surface area contributed by atoms with Crippen molar-refractivity contribution in [3.8, 4) is 0 Å². The van der Waals surface area contributed by atoms with Crippen molar-refractivity contribution in [2.24, 2.45) is 5.92 Å². The summed E-state index contributed by atoms with van der Waals surface area (Å²) in [5.41, 5.74) is -0.125. The summed E-state index contributed by atoms with van der Waals surface area (Å²) >= 11 is 0. The second kappa shape index (κ2) is 6.32. The second-order valence-corrected chi connectivity index (χ2v) is 7.68. The summed E-state index contributed by atoms with van der Waals surface area (Å²) < 4.78 is 52.1. The van der Waals surface area contributed by atoms with Crippen LogP contribution in [-0.4, -0.2) is 31.4 Å². The van der Waals surface area contributed by atoms with Gasteiger partial charge in [-0.2, -0.15) is 0 Å². The first kappa shape index (κ1) is 16.9. The van der Waals surface area contributed by atoms with Gasteiger partial charge < -0.3 is 0 Å². The van der Waals surface area contributed by atoms with E-state index in [0.29, 0.717) is 12.8 Å². The number of amides is 1. The van der Waals surface area contributed by atoms with Crippen LogP contribution in [0.4, 0.5) is 8.78 Å². The minimum atomic E-state index is -3.66. The van der Waals surface area contributed by atoms with Crippen LogP contribution in [0.1, 0.15) is 37.7 Å². The number of carbonyl (C=O) groups is 1. The highest BCUT2D eigenvalue weighted by atomic mass is 32.2. The van der Waals surface area contributed by atoms with Crippen molar-refractivity contribution in [2.45, 2.75) is 32.1 Å². The van der Waals surface area contributed by atoms with E-state index in [4.69, 9.17) is 0 Å². The summed E-state index contributed by atoms with van der Waals surface area (Å²) in [5, 5.41) is 0. The molecule has 0 aromatic heterocycles. The van der Waals surface area contributed by atoms with Gasteiger partial charge in [-0.25, -0.2) is 21.5 Å². The Bertz CT molecular complexity index is 655. The highest BCUT2D eigenvalue weighted by Crippen LogP contribution is 2.50. The quantitative estimate of drug-likeness (QED) is 0.805. The van der Waals surface area contributed by atoms with Crippen molar-refractivity contribution in [1.82, 2.24) is 4.31 Å². The Balaban J connectivity index is 2.10. The van der Waals surface area contributed by atoms with Gasteiger partial charge in [-0.05, 0) is 25.0 Å². The standard InChI is InChI=1S/C15H19F2NO3S/c1-3-4-8-22(20,21)18(2)15(19)11-9-10(11)14-12(16)6-5-7-13(14)17/h5-7,10-11H,3-4,8-9H2,1-2H3/t10-,11+/m1/s1. The summed E-state index contributed by atoms with van der Waals surface area (Å²) in [6, 6.07) is 3.54. The van der Waals surface area contributed by atoms with Gasteiger partial charge in [0.05, 0.1) is 5.75 Å². The number of carbonyl (C=O) groups excluding carboxylic acids is 1. The minimum Gasteiger partial charge on any atom is -0.273 e. The zero-order valence-corrected chi connectivity index (χ0v) is 13.4. The molecule has 0 N–H and O–H groups in total. The summed E-state index contributed by atoms with van der Waals surface area (Å²) in [7, 11) is -2.45. The minimum absolute atomic E-state index is 0.100. The van der Waals surface area contributed by atoms with E-state index in [1.807, 2.05) is 6.92 Å². The van der Waals surface area contributed by atoms with Crippen LogP contribution in [0, 0.1) is 17.6 Å². The average Bonchev–Trinajstić information content (AvgIpc) is 3.23. The largest absolute Gasteiger partial charge is 0.273 e. The Labute approximate surface area is 129 Å². The number of halogens is 2. The smallest absolute Gasteiger partial charge is 0.239 e. The SMILES string of the molecule is CCCCS(=O)(=O)N(C)C(=O)[C@H]1C[C@H]1c1c(F)cccc1F. The fourth-order valence-corrected chi connectivity index (χ4v) is 3.82. The molecule has 0 saturated heterocycles. The lowest BCUT2D eigenvalue weighted by molar-refractivity contribution is -0.127. The lowest BCUT2D eigenvalue weighted by atomic mass is 10.1. The Morgan fingerprint density at radius 1 is 1.32 bits per heavy atom. The van der Waals surface area contributed by atoms with E-state index in [2.05, 4.69) is 0 Å². The zero-order chi connectivity index (χ0) is 16.5. The lowest BCUT2D eigenvalue weighted by Crippen LogP contribution is -2.36. The van der Waals surface area contributed by atoms with E-state index >= 15 is 0 Å². The molecular formula is C15H19F2NO3S. The number of hydrogen-bond acceptors (Lipinski definition) is 3. The molecule has 22 heavy (non-hydrogen) atoms. The van der Waals surface area contributed by atoms with Crippen LogP contribution >= 0.6 is 0 Å². The third kappa shape index (κ3) is 3.29. The predicted molar refractivity (Wildman–Crippen MR) is 78.7 cm³/mol. The number of sulfonamides is 1. The first-order valence-corrected chi connectivity index (χ1v) is 8.84. The summed E-state index contributed by atoms with van der Waals surface area (Å²) in [5.74, 6) is -3.35. The topological polar surface area (TPSA) is 54.5 Å². The van der Waals surface area contributed by atoms with Gasteiger partial charge in [0.15, 0.2) is 0 Å². The van der Waals surface area contributed by atoms with Crippen molar-refractivity contribution in [3.63, 3.8) is 0 Å². The van der Waals surface area contributed by atoms with Gasteiger partial charge in [-0.3, -0.25) is 4.79 Å². The van der Waals surface area contributed by atoms with Crippen LogP contribution in [0.25, 0.3) is 0 Å². The molecule has 2 rings (SSSR count). The number of nitrogens with zero attached hydrogens (tertiary/aromatic N) is 1. The van der Waals surface area contributed by atoms with Crippen molar-refractivity contribution >= 4 is 15.9 Å². The fraction of sp³-hybridized carbons (Fsp3) is 0.533. The Morgan fingerprint density at radius 3 is 2.45 bits per heavy atom. The summed E-state index contributed by atoms with van der Waals surface area (Å²) in [6.07, 6.45) is 1.44. The molecule has 1 aromatic rings. The van der Waals surface area contributed by atoms with E-state index in [1.54, 1.807) is 0 Å². The van der Waals surface area contributed by atoms with Gasteiger partial charge in [-0.1, -0.05) is 19.4 Å². The molecule has 122 valence electrons. The molecule has 0 bridgehead atoms. The molecular weight excluding hydrogens is 312 g/mol. The molecule has 1 saturated carbocycles. The lowest BCUT2D eigenvalue weighted by Gasteiger charge is -2.17. The molecule has 1 aliphatic rings. The average molecular weight is 331 g/mol. The van der Waals surface area contributed by atoms with Gasteiger partial charge >= 0.3 is 0 Å².